The maximum absolute atomic E-state index is 11.4. The van der Waals surface area contributed by atoms with Crippen LogP contribution in [0.3, 0.4) is 0 Å². The lowest BCUT2D eigenvalue weighted by Gasteiger charge is -2.21. The summed E-state index contributed by atoms with van der Waals surface area (Å²) in [5, 5.41) is 5.48. The Balaban J connectivity index is 1.83. The Labute approximate surface area is 122 Å². The number of hydrogen-bond acceptors (Lipinski definition) is 3. The molecule has 2 N–H and O–H groups in total. The Morgan fingerprint density at radius 3 is 2.71 bits per heavy atom. The van der Waals surface area contributed by atoms with Crippen molar-refractivity contribution in [2.45, 2.75) is 13.2 Å². The van der Waals surface area contributed by atoms with E-state index in [0.29, 0.717) is 24.7 Å². The van der Waals surface area contributed by atoms with Gasteiger partial charge in [0.2, 0.25) is 0 Å². The smallest absolute Gasteiger partial charge is 0.319 e. The topological polar surface area (TPSA) is 59.6 Å². The Kier molecular flexibility index (Phi) is 3.64. The maximum atomic E-state index is 11.4. The molecule has 1 aliphatic rings. The molecule has 5 heteroatoms. The van der Waals surface area contributed by atoms with Crippen molar-refractivity contribution >= 4 is 11.7 Å². The number of carbonyl (C=O) groups excluding carboxylic acids is 1. The van der Waals surface area contributed by atoms with Crippen molar-refractivity contribution in [3.05, 3.63) is 53.6 Å². The van der Waals surface area contributed by atoms with Gasteiger partial charge in [-0.3, -0.25) is 0 Å². The first-order valence-corrected chi connectivity index (χ1v) is 6.69. The monoisotopic (exact) mass is 284 g/mol. The second-order valence-corrected chi connectivity index (χ2v) is 4.74. The fourth-order valence-electron chi connectivity index (χ4n) is 2.21. The van der Waals surface area contributed by atoms with Crippen LogP contribution < -0.4 is 20.1 Å². The molecule has 2 aromatic rings. The lowest BCUT2D eigenvalue weighted by atomic mass is 10.1. The summed E-state index contributed by atoms with van der Waals surface area (Å²) in [4.78, 5) is 11.4. The number of amides is 2. The van der Waals surface area contributed by atoms with E-state index in [2.05, 4.69) is 10.6 Å². The molecular formula is C16H16N2O3. The van der Waals surface area contributed by atoms with Crippen LogP contribution in [0.25, 0.3) is 0 Å². The van der Waals surface area contributed by atoms with Crippen LogP contribution in [0.4, 0.5) is 10.5 Å². The number of nitrogens with one attached hydrogen (secondary N) is 2. The molecule has 0 atom stereocenters. The number of rotatable bonds is 4. The molecule has 0 aromatic heterocycles. The molecule has 0 radical (unpaired) electrons. The summed E-state index contributed by atoms with van der Waals surface area (Å²) >= 11 is 0. The minimum Gasteiger partial charge on any atom is -0.493 e. The highest BCUT2D eigenvalue weighted by Crippen LogP contribution is 2.35. The average molecular weight is 284 g/mol. The summed E-state index contributed by atoms with van der Waals surface area (Å²) in [7, 11) is 1.60. The zero-order valence-corrected chi connectivity index (χ0v) is 11.7. The summed E-state index contributed by atoms with van der Waals surface area (Å²) in [5.41, 5.74) is 2.80. The normalized spacial score (nSPS) is 12.9. The molecule has 3 rings (SSSR count). The highest BCUT2D eigenvalue weighted by molar-refractivity contribution is 5.92. The number of ether oxygens (including phenoxy) is 2. The molecule has 2 aromatic carbocycles. The minimum absolute atomic E-state index is 0.207. The van der Waals surface area contributed by atoms with Crippen molar-refractivity contribution in [3.8, 4) is 11.5 Å². The van der Waals surface area contributed by atoms with Crippen LogP contribution in [-0.4, -0.2) is 13.1 Å². The molecule has 0 unspecified atom stereocenters. The SMILES string of the molecule is COc1cc2c(cc1OCc1ccccc1)NC(=O)NC2. The van der Waals surface area contributed by atoms with E-state index in [4.69, 9.17) is 9.47 Å². The molecule has 5 nitrogen and oxygen atoms in total. The molecule has 0 saturated carbocycles. The van der Waals surface area contributed by atoms with Gasteiger partial charge in [-0.2, -0.15) is 0 Å². The van der Waals surface area contributed by atoms with Crippen molar-refractivity contribution in [1.29, 1.82) is 0 Å². The quantitative estimate of drug-likeness (QED) is 0.907. The van der Waals surface area contributed by atoms with Crippen LogP contribution in [0.2, 0.25) is 0 Å². The fraction of sp³-hybridized carbons (Fsp3) is 0.188. The number of anilines is 1. The third-order valence-electron chi connectivity index (χ3n) is 3.31. The van der Waals surface area contributed by atoms with Gasteiger partial charge >= 0.3 is 6.03 Å². The zero-order valence-electron chi connectivity index (χ0n) is 11.7. The summed E-state index contributed by atoms with van der Waals surface area (Å²) in [6, 6.07) is 13.4. The summed E-state index contributed by atoms with van der Waals surface area (Å²) in [5.74, 6) is 1.27. The molecule has 1 heterocycles. The minimum atomic E-state index is -0.207. The van der Waals surface area contributed by atoms with E-state index in [0.717, 1.165) is 16.8 Å². The van der Waals surface area contributed by atoms with E-state index in [1.165, 1.54) is 0 Å². The molecule has 2 amide bonds. The molecule has 0 fully saturated rings. The lowest BCUT2D eigenvalue weighted by molar-refractivity contribution is 0.250. The van der Waals surface area contributed by atoms with Gasteiger partial charge in [0.15, 0.2) is 11.5 Å². The molecule has 0 spiro atoms. The first-order valence-electron chi connectivity index (χ1n) is 6.69. The van der Waals surface area contributed by atoms with Crippen molar-refractivity contribution < 1.29 is 14.3 Å². The Morgan fingerprint density at radius 1 is 1.14 bits per heavy atom. The molecule has 0 aliphatic carbocycles. The van der Waals surface area contributed by atoms with Crippen LogP contribution in [-0.2, 0) is 13.2 Å². The predicted molar refractivity (Wildman–Crippen MR) is 79.6 cm³/mol. The van der Waals surface area contributed by atoms with Gasteiger partial charge in [-0.25, -0.2) is 4.79 Å². The van der Waals surface area contributed by atoms with Gasteiger partial charge in [-0.1, -0.05) is 30.3 Å². The first-order chi connectivity index (χ1) is 10.3. The second kappa shape index (κ2) is 5.75. The van der Waals surface area contributed by atoms with Crippen molar-refractivity contribution in [1.82, 2.24) is 5.32 Å². The Morgan fingerprint density at radius 2 is 1.95 bits per heavy atom. The second-order valence-electron chi connectivity index (χ2n) is 4.74. The lowest BCUT2D eigenvalue weighted by Crippen LogP contribution is -2.33. The summed E-state index contributed by atoms with van der Waals surface area (Å²) in [6.07, 6.45) is 0. The molecule has 21 heavy (non-hydrogen) atoms. The van der Waals surface area contributed by atoms with Crippen LogP contribution in [0, 0.1) is 0 Å². The number of carbonyl (C=O) groups is 1. The Hall–Kier alpha value is -2.69. The largest absolute Gasteiger partial charge is 0.493 e. The van der Waals surface area contributed by atoms with Gasteiger partial charge in [-0.05, 0) is 17.2 Å². The van der Waals surface area contributed by atoms with Gasteiger partial charge in [0, 0.05) is 12.6 Å². The highest BCUT2D eigenvalue weighted by atomic mass is 16.5. The van der Waals surface area contributed by atoms with Gasteiger partial charge in [0.1, 0.15) is 6.61 Å². The highest BCUT2D eigenvalue weighted by Gasteiger charge is 2.18. The van der Waals surface area contributed by atoms with Crippen molar-refractivity contribution in [2.24, 2.45) is 0 Å². The first kappa shape index (κ1) is 13.3. The molecule has 0 bridgehead atoms. The number of fused-ring (bicyclic) bond motifs is 1. The fourth-order valence-corrected chi connectivity index (χ4v) is 2.21. The predicted octanol–water partition coefficient (Wildman–Crippen LogP) is 2.91. The Bertz CT molecular complexity index is 656. The van der Waals surface area contributed by atoms with Gasteiger partial charge in [-0.15, -0.1) is 0 Å². The molecule has 108 valence electrons. The van der Waals surface area contributed by atoms with Crippen LogP contribution >= 0.6 is 0 Å². The van der Waals surface area contributed by atoms with Crippen molar-refractivity contribution in [2.75, 3.05) is 12.4 Å². The van der Waals surface area contributed by atoms with Crippen molar-refractivity contribution in [3.63, 3.8) is 0 Å². The number of methoxy groups -OCH3 is 1. The summed E-state index contributed by atoms with van der Waals surface area (Å²) < 4.78 is 11.2. The van der Waals surface area contributed by atoms with Gasteiger partial charge in [0.05, 0.1) is 12.8 Å². The van der Waals surface area contributed by atoms with E-state index < -0.39 is 0 Å². The van der Waals surface area contributed by atoms with Crippen LogP contribution in [0.5, 0.6) is 11.5 Å². The maximum Gasteiger partial charge on any atom is 0.319 e. The summed E-state index contributed by atoms with van der Waals surface area (Å²) in [6.45, 7) is 0.929. The van der Waals surface area contributed by atoms with Gasteiger partial charge < -0.3 is 20.1 Å². The number of benzene rings is 2. The third-order valence-corrected chi connectivity index (χ3v) is 3.31. The van der Waals surface area contributed by atoms with E-state index in [1.54, 1.807) is 13.2 Å². The average Bonchev–Trinajstić information content (AvgIpc) is 2.53. The standard InChI is InChI=1S/C16H16N2O3/c1-20-14-7-12-9-17-16(19)18-13(12)8-15(14)21-10-11-5-3-2-4-6-11/h2-8H,9-10H2,1H3,(H2,17,18,19). The number of urea groups is 1. The third kappa shape index (κ3) is 2.91. The van der Waals surface area contributed by atoms with Crippen LogP contribution in [0.15, 0.2) is 42.5 Å². The molecule has 0 saturated heterocycles. The van der Waals surface area contributed by atoms with E-state index in [1.807, 2.05) is 36.4 Å². The molecule has 1 aliphatic heterocycles. The van der Waals surface area contributed by atoms with Crippen LogP contribution in [0.1, 0.15) is 11.1 Å². The zero-order chi connectivity index (χ0) is 14.7. The van der Waals surface area contributed by atoms with E-state index in [9.17, 15) is 4.79 Å². The molecular weight excluding hydrogens is 268 g/mol. The van der Waals surface area contributed by atoms with Gasteiger partial charge in [0.25, 0.3) is 0 Å². The van der Waals surface area contributed by atoms with E-state index in [-0.39, 0.29) is 6.03 Å². The van der Waals surface area contributed by atoms with E-state index >= 15 is 0 Å². The number of hydrogen-bond donors (Lipinski definition) is 2.